The van der Waals surface area contributed by atoms with Gasteiger partial charge in [0, 0.05) is 6.54 Å². The zero-order chi connectivity index (χ0) is 18.6. The van der Waals surface area contributed by atoms with E-state index in [0.29, 0.717) is 23.6 Å². The molecule has 1 aromatic heterocycles. The molecule has 1 atom stereocenters. The van der Waals surface area contributed by atoms with Crippen molar-refractivity contribution in [2.75, 3.05) is 6.54 Å². The summed E-state index contributed by atoms with van der Waals surface area (Å²) in [5.41, 5.74) is 2.07. The van der Waals surface area contributed by atoms with Gasteiger partial charge >= 0.3 is 0 Å². The summed E-state index contributed by atoms with van der Waals surface area (Å²) >= 11 is 0. The van der Waals surface area contributed by atoms with E-state index in [-0.39, 0.29) is 12.5 Å². The van der Waals surface area contributed by atoms with Crippen LogP contribution in [0.4, 0.5) is 0 Å². The number of carbonyl (C=O) groups is 1. The zero-order valence-electron chi connectivity index (χ0n) is 15.8. The number of para-hydroxylation sites is 1. The third-order valence-corrected chi connectivity index (χ3v) is 4.41. The highest BCUT2D eigenvalue weighted by Crippen LogP contribution is 2.19. The van der Waals surface area contributed by atoms with Gasteiger partial charge in [-0.15, -0.1) is 0 Å². The second-order valence-electron chi connectivity index (χ2n) is 7.41. The smallest absolute Gasteiger partial charge is 0.255 e. The lowest BCUT2D eigenvalue weighted by molar-refractivity contribution is 0.0429. The van der Waals surface area contributed by atoms with Gasteiger partial charge in [0.15, 0.2) is 0 Å². The van der Waals surface area contributed by atoms with Gasteiger partial charge in [-0.25, -0.2) is 4.68 Å². The quantitative estimate of drug-likeness (QED) is 0.809. The molecule has 0 fully saturated rings. The van der Waals surface area contributed by atoms with E-state index in [1.54, 1.807) is 11.6 Å². The zero-order valence-corrected chi connectivity index (χ0v) is 15.8. The van der Waals surface area contributed by atoms with Crippen molar-refractivity contribution in [3.05, 3.63) is 47.3 Å². The van der Waals surface area contributed by atoms with Crippen molar-refractivity contribution in [1.29, 1.82) is 0 Å². The minimum Gasteiger partial charge on any atom is -0.388 e. The molecule has 2 rings (SSSR count). The highest BCUT2D eigenvalue weighted by molar-refractivity contribution is 5.96. The standard InChI is InChI=1S/C20H29N3O2/c1-14(2)11-12-20(5,25)13-21-19(24)18-15(3)22-23(16(18)4)17-9-7-6-8-10-17/h6-10,14,25H,11-13H2,1-5H3,(H,21,24). The summed E-state index contributed by atoms with van der Waals surface area (Å²) in [7, 11) is 0. The molecule has 0 bridgehead atoms. The van der Waals surface area contributed by atoms with E-state index in [2.05, 4.69) is 24.3 Å². The Kier molecular flexibility index (Phi) is 6.01. The highest BCUT2D eigenvalue weighted by atomic mass is 16.3. The van der Waals surface area contributed by atoms with Gasteiger partial charge in [0.1, 0.15) is 0 Å². The van der Waals surface area contributed by atoms with Crippen LogP contribution >= 0.6 is 0 Å². The number of amides is 1. The molecule has 2 N–H and O–H groups in total. The highest BCUT2D eigenvalue weighted by Gasteiger charge is 2.24. The molecule has 0 saturated heterocycles. The van der Waals surface area contributed by atoms with Crippen molar-refractivity contribution < 1.29 is 9.90 Å². The molecule has 0 aliphatic heterocycles. The van der Waals surface area contributed by atoms with Gasteiger partial charge in [-0.2, -0.15) is 5.10 Å². The van der Waals surface area contributed by atoms with Gasteiger partial charge in [-0.3, -0.25) is 4.79 Å². The van der Waals surface area contributed by atoms with Crippen LogP contribution in [0.2, 0.25) is 0 Å². The van der Waals surface area contributed by atoms with Crippen LogP contribution in [0.5, 0.6) is 0 Å². The van der Waals surface area contributed by atoms with Gasteiger partial charge in [-0.1, -0.05) is 32.0 Å². The SMILES string of the molecule is Cc1nn(-c2ccccc2)c(C)c1C(=O)NCC(C)(O)CCC(C)C. The number of hydrogen-bond acceptors (Lipinski definition) is 3. The fourth-order valence-corrected chi connectivity index (χ4v) is 2.84. The van der Waals surface area contributed by atoms with E-state index >= 15 is 0 Å². The number of carbonyl (C=O) groups excluding carboxylic acids is 1. The van der Waals surface area contributed by atoms with Gasteiger partial charge in [0.05, 0.1) is 28.2 Å². The van der Waals surface area contributed by atoms with Crippen molar-refractivity contribution in [3.8, 4) is 5.69 Å². The molecule has 5 heteroatoms. The molecule has 0 saturated carbocycles. The number of nitrogens with zero attached hydrogens (tertiary/aromatic N) is 2. The van der Waals surface area contributed by atoms with E-state index in [1.807, 2.05) is 44.2 Å². The fraction of sp³-hybridized carbons (Fsp3) is 0.500. The number of rotatable bonds is 7. The van der Waals surface area contributed by atoms with Crippen LogP contribution in [0.15, 0.2) is 30.3 Å². The summed E-state index contributed by atoms with van der Waals surface area (Å²) in [6, 6.07) is 9.74. The Hall–Kier alpha value is -2.14. The largest absolute Gasteiger partial charge is 0.388 e. The first-order valence-corrected chi connectivity index (χ1v) is 8.83. The number of hydrogen-bond donors (Lipinski definition) is 2. The fourth-order valence-electron chi connectivity index (χ4n) is 2.84. The Morgan fingerprint density at radius 3 is 2.52 bits per heavy atom. The summed E-state index contributed by atoms with van der Waals surface area (Å²) in [5, 5.41) is 17.8. The van der Waals surface area contributed by atoms with Crippen LogP contribution < -0.4 is 5.32 Å². The molecule has 1 heterocycles. The van der Waals surface area contributed by atoms with E-state index in [1.165, 1.54) is 0 Å². The molecule has 2 aromatic rings. The number of nitrogens with one attached hydrogen (secondary N) is 1. The Bertz CT molecular complexity index is 718. The third kappa shape index (κ3) is 4.92. The van der Waals surface area contributed by atoms with Crippen LogP contribution in [0.3, 0.4) is 0 Å². The van der Waals surface area contributed by atoms with Gasteiger partial charge < -0.3 is 10.4 Å². The maximum Gasteiger partial charge on any atom is 0.255 e. The predicted octanol–water partition coefficient (Wildman–Crippen LogP) is 3.41. The molecule has 0 aliphatic carbocycles. The summed E-state index contributed by atoms with van der Waals surface area (Å²) in [6.07, 6.45) is 1.58. The first-order chi connectivity index (χ1) is 11.7. The molecule has 1 amide bonds. The lowest BCUT2D eigenvalue weighted by atomic mass is 9.95. The molecule has 0 radical (unpaired) electrons. The van der Waals surface area contributed by atoms with E-state index in [0.717, 1.165) is 17.8 Å². The molecular formula is C20H29N3O2. The molecular weight excluding hydrogens is 314 g/mol. The van der Waals surface area contributed by atoms with Crippen molar-refractivity contribution in [3.63, 3.8) is 0 Å². The van der Waals surface area contributed by atoms with Crippen LogP contribution in [0.1, 0.15) is 55.4 Å². The van der Waals surface area contributed by atoms with E-state index in [9.17, 15) is 9.90 Å². The summed E-state index contributed by atoms with van der Waals surface area (Å²) < 4.78 is 1.78. The van der Waals surface area contributed by atoms with Gasteiger partial charge in [-0.05, 0) is 51.7 Å². The van der Waals surface area contributed by atoms with Crippen LogP contribution in [-0.2, 0) is 0 Å². The maximum absolute atomic E-state index is 12.6. The molecule has 1 aromatic carbocycles. The van der Waals surface area contributed by atoms with Crippen molar-refractivity contribution in [1.82, 2.24) is 15.1 Å². The molecule has 0 spiro atoms. The number of benzene rings is 1. The number of aliphatic hydroxyl groups is 1. The molecule has 25 heavy (non-hydrogen) atoms. The number of aromatic nitrogens is 2. The normalized spacial score (nSPS) is 13.7. The average molecular weight is 343 g/mol. The van der Waals surface area contributed by atoms with E-state index < -0.39 is 5.60 Å². The van der Waals surface area contributed by atoms with Crippen molar-refractivity contribution >= 4 is 5.91 Å². The van der Waals surface area contributed by atoms with Gasteiger partial charge in [0.25, 0.3) is 5.91 Å². The average Bonchev–Trinajstić information content (AvgIpc) is 2.86. The second-order valence-corrected chi connectivity index (χ2v) is 7.41. The predicted molar refractivity (Wildman–Crippen MR) is 100 cm³/mol. The first-order valence-electron chi connectivity index (χ1n) is 8.83. The first kappa shape index (κ1) is 19.2. The Morgan fingerprint density at radius 2 is 1.92 bits per heavy atom. The van der Waals surface area contributed by atoms with Crippen LogP contribution in [-0.4, -0.2) is 32.9 Å². The molecule has 136 valence electrons. The minimum atomic E-state index is -0.906. The van der Waals surface area contributed by atoms with Crippen LogP contribution in [0.25, 0.3) is 5.69 Å². The Morgan fingerprint density at radius 1 is 1.28 bits per heavy atom. The summed E-state index contributed by atoms with van der Waals surface area (Å²) in [5.74, 6) is 0.331. The lowest BCUT2D eigenvalue weighted by Gasteiger charge is -2.24. The topological polar surface area (TPSA) is 67.2 Å². The van der Waals surface area contributed by atoms with Crippen molar-refractivity contribution in [2.24, 2.45) is 5.92 Å². The van der Waals surface area contributed by atoms with Gasteiger partial charge in [0.2, 0.25) is 0 Å². The molecule has 5 nitrogen and oxygen atoms in total. The second kappa shape index (κ2) is 7.83. The summed E-state index contributed by atoms with van der Waals surface area (Å²) in [6.45, 7) is 9.96. The maximum atomic E-state index is 12.6. The Balaban J connectivity index is 2.11. The molecule has 0 aliphatic rings. The monoisotopic (exact) mass is 343 g/mol. The lowest BCUT2D eigenvalue weighted by Crippen LogP contribution is -2.41. The van der Waals surface area contributed by atoms with Crippen molar-refractivity contribution in [2.45, 2.75) is 53.1 Å². The minimum absolute atomic E-state index is 0.193. The molecule has 1 unspecified atom stereocenters. The van der Waals surface area contributed by atoms with E-state index in [4.69, 9.17) is 0 Å². The third-order valence-electron chi connectivity index (χ3n) is 4.41. The summed E-state index contributed by atoms with van der Waals surface area (Å²) in [4.78, 5) is 12.6. The number of aryl methyl sites for hydroxylation is 1. The Labute approximate surface area is 150 Å². The van der Waals surface area contributed by atoms with Crippen LogP contribution in [0, 0.1) is 19.8 Å².